The third-order valence-electron chi connectivity index (χ3n) is 3.96. The number of carbonyl (C=O) groups is 1. The molecule has 0 saturated carbocycles. The van der Waals surface area contributed by atoms with Crippen LogP contribution in [0.4, 0.5) is 0 Å². The zero-order valence-electron chi connectivity index (χ0n) is 13.5. The molecule has 2 rings (SSSR count). The largest absolute Gasteiger partial charge is 0.493 e. The summed E-state index contributed by atoms with van der Waals surface area (Å²) in [5, 5.41) is 6.29. The Morgan fingerprint density at radius 1 is 1.41 bits per heavy atom. The number of amides is 1. The number of hydrogen-bond donors (Lipinski definition) is 2. The van der Waals surface area contributed by atoms with Crippen molar-refractivity contribution in [2.45, 2.75) is 32.7 Å². The van der Waals surface area contributed by atoms with Gasteiger partial charge in [0.25, 0.3) is 0 Å². The fourth-order valence-corrected chi connectivity index (χ4v) is 2.68. The van der Waals surface area contributed by atoms with E-state index in [0.29, 0.717) is 31.2 Å². The molecule has 1 aromatic rings. The number of nitrogens with one attached hydrogen (secondary N) is 2. The molecular weight excluding hydrogens is 280 g/mol. The van der Waals surface area contributed by atoms with Crippen molar-refractivity contribution in [1.29, 1.82) is 0 Å². The van der Waals surface area contributed by atoms with Crippen molar-refractivity contribution in [1.82, 2.24) is 10.6 Å². The van der Waals surface area contributed by atoms with E-state index in [1.807, 2.05) is 25.1 Å². The number of methoxy groups -OCH3 is 1. The lowest BCUT2D eigenvalue weighted by Crippen LogP contribution is -2.23. The van der Waals surface area contributed by atoms with Gasteiger partial charge >= 0.3 is 0 Å². The molecule has 1 unspecified atom stereocenters. The summed E-state index contributed by atoms with van der Waals surface area (Å²) in [6.07, 6.45) is 2.75. The third-order valence-corrected chi connectivity index (χ3v) is 3.96. The maximum absolute atomic E-state index is 11.9. The van der Waals surface area contributed by atoms with Crippen molar-refractivity contribution >= 4 is 5.91 Å². The highest BCUT2D eigenvalue weighted by Gasteiger charge is 2.15. The molecule has 0 spiro atoms. The van der Waals surface area contributed by atoms with Crippen LogP contribution >= 0.6 is 0 Å². The molecule has 1 aliphatic rings. The molecule has 22 heavy (non-hydrogen) atoms. The molecule has 0 aromatic heterocycles. The van der Waals surface area contributed by atoms with Crippen molar-refractivity contribution in [2.75, 3.05) is 26.8 Å². The monoisotopic (exact) mass is 306 g/mol. The van der Waals surface area contributed by atoms with Crippen molar-refractivity contribution in [3.8, 4) is 11.5 Å². The Hall–Kier alpha value is -1.75. The number of hydrogen-bond acceptors (Lipinski definition) is 4. The van der Waals surface area contributed by atoms with Gasteiger partial charge in [0.1, 0.15) is 0 Å². The quantitative estimate of drug-likeness (QED) is 0.772. The lowest BCUT2D eigenvalue weighted by atomic mass is 10.0. The maximum Gasteiger partial charge on any atom is 0.220 e. The van der Waals surface area contributed by atoms with Gasteiger partial charge in [-0.1, -0.05) is 6.07 Å². The molecule has 1 fully saturated rings. The Labute approximate surface area is 132 Å². The first kappa shape index (κ1) is 16.6. The summed E-state index contributed by atoms with van der Waals surface area (Å²) < 4.78 is 10.8. The molecule has 5 heteroatoms. The molecule has 1 aliphatic heterocycles. The fourth-order valence-electron chi connectivity index (χ4n) is 2.68. The van der Waals surface area contributed by atoms with E-state index < -0.39 is 0 Å². The molecule has 2 N–H and O–H groups in total. The molecule has 1 saturated heterocycles. The summed E-state index contributed by atoms with van der Waals surface area (Å²) >= 11 is 0. The predicted octanol–water partition coefficient (Wildman–Crippen LogP) is 2.10. The Bertz CT molecular complexity index is 485. The number of ether oxygens (including phenoxy) is 2. The first-order chi connectivity index (χ1) is 10.7. The second kappa shape index (κ2) is 8.63. The van der Waals surface area contributed by atoms with Gasteiger partial charge in [0.05, 0.1) is 13.7 Å². The van der Waals surface area contributed by atoms with Gasteiger partial charge in [-0.2, -0.15) is 0 Å². The standard InChI is InChI=1S/C17H26N2O3/c1-3-22-15-6-4-14(10-16(15)21-2)12-19-17(20)7-5-13-8-9-18-11-13/h4,6,10,13,18H,3,5,7-9,11-12H2,1-2H3,(H,19,20). The summed E-state index contributed by atoms with van der Waals surface area (Å²) in [5.74, 6) is 2.19. The first-order valence-electron chi connectivity index (χ1n) is 8.00. The summed E-state index contributed by atoms with van der Waals surface area (Å²) in [6.45, 7) is 5.18. The van der Waals surface area contributed by atoms with E-state index in [-0.39, 0.29) is 5.91 Å². The van der Waals surface area contributed by atoms with Crippen molar-refractivity contribution in [3.63, 3.8) is 0 Å². The number of rotatable bonds is 8. The van der Waals surface area contributed by atoms with Crippen LogP contribution in [0.25, 0.3) is 0 Å². The summed E-state index contributed by atoms with van der Waals surface area (Å²) in [6, 6.07) is 5.74. The van der Waals surface area contributed by atoms with E-state index in [0.717, 1.165) is 30.8 Å². The van der Waals surface area contributed by atoms with Crippen molar-refractivity contribution in [2.24, 2.45) is 5.92 Å². The topological polar surface area (TPSA) is 59.6 Å². The fraction of sp³-hybridized carbons (Fsp3) is 0.588. The smallest absolute Gasteiger partial charge is 0.220 e. The Kier molecular flexibility index (Phi) is 6.52. The summed E-state index contributed by atoms with van der Waals surface area (Å²) in [5.41, 5.74) is 1.01. The van der Waals surface area contributed by atoms with Crippen molar-refractivity contribution < 1.29 is 14.3 Å². The molecule has 1 amide bonds. The van der Waals surface area contributed by atoms with Crippen LogP contribution in [0.15, 0.2) is 18.2 Å². The van der Waals surface area contributed by atoms with Crippen LogP contribution in [-0.2, 0) is 11.3 Å². The minimum absolute atomic E-state index is 0.111. The van der Waals surface area contributed by atoms with E-state index in [2.05, 4.69) is 10.6 Å². The van der Waals surface area contributed by atoms with Crippen LogP contribution in [0.5, 0.6) is 11.5 Å². The maximum atomic E-state index is 11.9. The van der Waals surface area contributed by atoms with Gasteiger partial charge in [0.2, 0.25) is 5.91 Å². The van der Waals surface area contributed by atoms with Crippen LogP contribution in [0, 0.1) is 5.92 Å². The number of carbonyl (C=O) groups excluding carboxylic acids is 1. The zero-order chi connectivity index (χ0) is 15.8. The SMILES string of the molecule is CCOc1ccc(CNC(=O)CCC2CCNC2)cc1OC. The zero-order valence-corrected chi connectivity index (χ0v) is 13.5. The van der Waals surface area contributed by atoms with Gasteiger partial charge < -0.3 is 20.1 Å². The third kappa shape index (κ3) is 4.91. The van der Waals surface area contributed by atoms with Crippen molar-refractivity contribution in [3.05, 3.63) is 23.8 Å². The van der Waals surface area contributed by atoms with E-state index in [1.54, 1.807) is 7.11 Å². The highest BCUT2D eigenvalue weighted by Crippen LogP contribution is 2.28. The predicted molar refractivity (Wildman–Crippen MR) is 86.2 cm³/mol. The average Bonchev–Trinajstić information content (AvgIpc) is 3.05. The van der Waals surface area contributed by atoms with Crippen LogP contribution < -0.4 is 20.1 Å². The normalized spacial score (nSPS) is 17.3. The molecule has 5 nitrogen and oxygen atoms in total. The minimum Gasteiger partial charge on any atom is -0.493 e. The second-order valence-corrected chi connectivity index (χ2v) is 5.59. The second-order valence-electron chi connectivity index (χ2n) is 5.59. The molecule has 0 radical (unpaired) electrons. The van der Waals surface area contributed by atoms with Gasteiger partial charge in [-0.25, -0.2) is 0 Å². The van der Waals surface area contributed by atoms with Crippen LogP contribution in [-0.4, -0.2) is 32.7 Å². The van der Waals surface area contributed by atoms with Gasteiger partial charge in [0, 0.05) is 13.0 Å². The van der Waals surface area contributed by atoms with E-state index in [9.17, 15) is 4.79 Å². The van der Waals surface area contributed by atoms with Gasteiger partial charge in [-0.15, -0.1) is 0 Å². The summed E-state index contributed by atoms with van der Waals surface area (Å²) in [7, 11) is 1.62. The molecule has 1 aromatic carbocycles. The van der Waals surface area contributed by atoms with Crippen LogP contribution in [0.2, 0.25) is 0 Å². The Morgan fingerprint density at radius 2 is 2.27 bits per heavy atom. The molecule has 0 bridgehead atoms. The summed E-state index contributed by atoms with van der Waals surface area (Å²) in [4.78, 5) is 11.9. The van der Waals surface area contributed by atoms with Gasteiger partial charge in [0.15, 0.2) is 11.5 Å². The van der Waals surface area contributed by atoms with E-state index in [1.165, 1.54) is 6.42 Å². The van der Waals surface area contributed by atoms with Crippen LogP contribution in [0.1, 0.15) is 31.7 Å². The lowest BCUT2D eigenvalue weighted by molar-refractivity contribution is -0.121. The highest BCUT2D eigenvalue weighted by atomic mass is 16.5. The lowest BCUT2D eigenvalue weighted by Gasteiger charge is -2.12. The van der Waals surface area contributed by atoms with Gasteiger partial charge in [-0.05, 0) is 56.5 Å². The molecule has 1 heterocycles. The minimum atomic E-state index is 0.111. The Balaban J connectivity index is 1.78. The number of benzene rings is 1. The van der Waals surface area contributed by atoms with E-state index >= 15 is 0 Å². The molecule has 0 aliphatic carbocycles. The van der Waals surface area contributed by atoms with E-state index in [4.69, 9.17) is 9.47 Å². The molecule has 122 valence electrons. The molecular formula is C17H26N2O3. The average molecular weight is 306 g/mol. The first-order valence-corrected chi connectivity index (χ1v) is 8.00. The van der Waals surface area contributed by atoms with Gasteiger partial charge in [-0.3, -0.25) is 4.79 Å². The Morgan fingerprint density at radius 3 is 2.95 bits per heavy atom. The van der Waals surface area contributed by atoms with Crippen LogP contribution in [0.3, 0.4) is 0 Å². The highest BCUT2D eigenvalue weighted by molar-refractivity contribution is 5.75. The molecule has 1 atom stereocenters.